The molecule has 3 aromatic heterocycles. The van der Waals surface area contributed by atoms with Gasteiger partial charge in [-0.2, -0.15) is 36.5 Å². The van der Waals surface area contributed by atoms with E-state index < -0.39 is 24.3 Å². The number of fused-ring (bicyclic) bond motifs is 1. The Morgan fingerprint density at radius 1 is 1.00 bits per heavy atom. The van der Waals surface area contributed by atoms with Crippen LogP contribution in [-0.2, 0) is 27.9 Å². The topological polar surface area (TPSA) is 138 Å². The molecule has 2 aliphatic heterocycles. The van der Waals surface area contributed by atoms with Crippen molar-refractivity contribution in [3.63, 3.8) is 0 Å². The zero-order valence-corrected chi connectivity index (χ0v) is 22.3. The highest BCUT2D eigenvalue weighted by Gasteiger charge is 2.38. The number of aryl methyl sites for hydroxylation is 1. The standard InChI is InChI=1S/C20H27N7O.2C2HF3O2/c1-24-12-16(11-21-24)13-25-6-2-3-17(14-25)20-22-19-5-4-18(15-27(19)23-20)26-7-9-28-10-8-26;2*3-2(4,5)1(6)7/h4-5,11-12,15,17H,2-3,6-10,13-14H2,1H3;2*(H,6,7). The van der Waals surface area contributed by atoms with Crippen LogP contribution in [0.2, 0.25) is 0 Å². The normalized spacial score (nSPS) is 18.1. The van der Waals surface area contributed by atoms with E-state index in [0.29, 0.717) is 5.92 Å². The molecular weight excluding hydrogens is 580 g/mol. The number of carboxylic acid groups (broad SMARTS) is 2. The zero-order chi connectivity index (χ0) is 31.1. The predicted molar refractivity (Wildman–Crippen MR) is 134 cm³/mol. The molecule has 2 aliphatic rings. The van der Waals surface area contributed by atoms with Gasteiger partial charge in [0.1, 0.15) is 0 Å². The van der Waals surface area contributed by atoms with E-state index in [4.69, 9.17) is 34.6 Å². The molecule has 12 nitrogen and oxygen atoms in total. The van der Waals surface area contributed by atoms with Gasteiger partial charge in [-0.25, -0.2) is 19.1 Å². The fourth-order valence-electron chi connectivity index (χ4n) is 4.29. The summed E-state index contributed by atoms with van der Waals surface area (Å²) in [4.78, 5) is 27.5. The Morgan fingerprint density at radius 3 is 2.17 bits per heavy atom. The lowest BCUT2D eigenvalue weighted by molar-refractivity contribution is -0.193. The summed E-state index contributed by atoms with van der Waals surface area (Å²) in [6.07, 6.45) is -1.68. The molecule has 0 spiro atoms. The van der Waals surface area contributed by atoms with Crippen LogP contribution in [0.25, 0.3) is 5.65 Å². The molecule has 0 radical (unpaired) electrons. The van der Waals surface area contributed by atoms with E-state index in [-0.39, 0.29) is 0 Å². The van der Waals surface area contributed by atoms with Gasteiger partial charge >= 0.3 is 24.3 Å². The lowest BCUT2D eigenvalue weighted by Crippen LogP contribution is -2.36. The molecule has 0 aromatic carbocycles. The maximum Gasteiger partial charge on any atom is 0.490 e. The second kappa shape index (κ2) is 13.8. The average Bonchev–Trinajstić information content (AvgIpc) is 3.54. The van der Waals surface area contributed by atoms with Crippen molar-refractivity contribution >= 4 is 23.3 Å². The van der Waals surface area contributed by atoms with Crippen LogP contribution in [-0.4, -0.2) is 103 Å². The van der Waals surface area contributed by atoms with Crippen molar-refractivity contribution in [2.24, 2.45) is 7.05 Å². The smallest absolute Gasteiger partial charge is 0.475 e. The summed E-state index contributed by atoms with van der Waals surface area (Å²) in [5.41, 5.74) is 3.38. The minimum atomic E-state index is -5.08. The number of anilines is 1. The molecule has 3 aromatic rings. The quantitative estimate of drug-likeness (QED) is 0.425. The number of hydrogen-bond donors (Lipinski definition) is 2. The minimum absolute atomic E-state index is 0.386. The summed E-state index contributed by atoms with van der Waals surface area (Å²) >= 11 is 0. The number of aromatic nitrogens is 5. The van der Waals surface area contributed by atoms with E-state index in [2.05, 4.69) is 39.4 Å². The third-order valence-electron chi connectivity index (χ3n) is 6.23. The number of carbonyl (C=O) groups is 2. The lowest BCUT2D eigenvalue weighted by Gasteiger charge is -2.30. The minimum Gasteiger partial charge on any atom is -0.475 e. The van der Waals surface area contributed by atoms with Gasteiger partial charge in [-0.15, -0.1) is 0 Å². The first-order valence-electron chi connectivity index (χ1n) is 12.6. The van der Waals surface area contributed by atoms with Crippen LogP contribution in [0.5, 0.6) is 0 Å². The van der Waals surface area contributed by atoms with Gasteiger partial charge in [0, 0.05) is 50.9 Å². The van der Waals surface area contributed by atoms with Crippen molar-refractivity contribution in [1.82, 2.24) is 29.3 Å². The van der Waals surface area contributed by atoms with Gasteiger partial charge in [-0.3, -0.25) is 9.58 Å². The number of pyridine rings is 1. The lowest BCUT2D eigenvalue weighted by atomic mass is 9.97. The van der Waals surface area contributed by atoms with Crippen LogP contribution >= 0.6 is 0 Å². The van der Waals surface area contributed by atoms with E-state index >= 15 is 0 Å². The van der Waals surface area contributed by atoms with Gasteiger partial charge in [0.2, 0.25) is 0 Å². The Balaban J connectivity index is 0.000000289. The molecule has 0 bridgehead atoms. The van der Waals surface area contributed by atoms with E-state index in [1.54, 1.807) is 0 Å². The molecule has 2 saturated heterocycles. The Kier molecular flexibility index (Phi) is 10.7. The second-order valence-electron chi connectivity index (χ2n) is 9.46. The number of ether oxygens (including phenoxy) is 1. The first-order valence-corrected chi connectivity index (χ1v) is 12.6. The van der Waals surface area contributed by atoms with Crippen LogP contribution in [0.4, 0.5) is 32.0 Å². The number of piperidine rings is 1. The average molecular weight is 610 g/mol. The molecule has 5 rings (SSSR count). The van der Waals surface area contributed by atoms with E-state index in [1.165, 1.54) is 17.7 Å². The Labute approximate surface area is 235 Å². The molecular formula is C24H29F6N7O5. The van der Waals surface area contributed by atoms with Gasteiger partial charge in [0.25, 0.3) is 0 Å². The summed E-state index contributed by atoms with van der Waals surface area (Å²) < 4.78 is 72.7. The highest BCUT2D eigenvalue weighted by molar-refractivity contribution is 5.73. The molecule has 1 unspecified atom stereocenters. The Hall–Kier alpha value is -3.93. The Morgan fingerprint density at radius 2 is 1.62 bits per heavy atom. The summed E-state index contributed by atoms with van der Waals surface area (Å²) in [5, 5.41) is 23.4. The number of nitrogens with zero attached hydrogens (tertiary/aromatic N) is 7. The molecule has 0 amide bonds. The third kappa shape index (κ3) is 9.57. The number of rotatable bonds is 4. The molecule has 18 heteroatoms. The zero-order valence-electron chi connectivity index (χ0n) is 22.3. The molecule has 2 N–H and O–H groups in total. The molecule has 0 aliphatic carbocycles. The number of likely N-dealkylation sites (tertiary alicyclic amines) is 1. The van der Waals surface area contributed by atoms with E-state index in [0.717, 1.165) is 63.8 Å². The van der Waals surface area contributed by atoms with Gasteiger partial charge in [-0.1, -0.05) is 0 Å². The SMILES string of the molecule is Cn1cc(CN2CCCC(c3nc4ccc(N5CCOCC5)cn4n3)C2)cn1.O=C(O)C(F)(F)F.O=C(O)C(F)(F)F. The number of alkyl halides is 6. The van der Waals surface area contributed by atoms with E-state index in [1.807, 2.05) is 22.4 Å². The van der Waals surface area contributed by atoms with Crippen LogP contribution in [0.15, 0.2) is 30.7 Å². The predicted octanol–water partition coefficient (Wildman–Crippen LogP) is 2.95. The number of aliphatic carboxylic acids is 2. The van der Waals surface area contributed by atoms with Crippen molar-refractivity contribution in [3.8, 4) is 0 Å². The highest BCUT2D eigenvalue weighted by atomic mass is 19.4. The summed E-state index contributed by atoms with van der Waals surface area (Å²) in [5.74, 6) is -4.16. The maximum absolute atomic E-state index is 10.6. The molecule has 5 heterocycles. The first kappa shape index (κ1) is 32.6. The van der Waals surface area contributed by atoms with Crippen molar-refractivity contribution in [3.05, 3.63) is 42.1 Å². The fourth-order valence-corrected chi connectivity index (χ4v) is 4.29. The maximum atomic E-state index is 10.6. The molecule has 0 saturated carbocycles. The van der Waals surface area contributed by atoms with Crippen molar-refractivity contribution in [1.29, 1.82) is 0 Å². The number of hydrogen-bond acceptors (Lipinski definition) is 8. The number of halogens is 6. The van der Waals surface area contributed by atoms with Crippen LogP contribution in [0.3, 0.4) is 0 Å². The third-order valence-corrected chi connectivity index (χ3v) is 6.23. The van der Waals surface area contributed by atoms with Gasteiger partial charge in [0.05, 0.1) is 31.3 Å². The summed E-state index contributed by atoms with van der Waals surface area (Å²) in [6, 6.07) is 4.23. The molecule has 1 atom stereocenters. The van der Waals surface area contributed by atoms with Crippen LogP contribution in [0.1, 0.15) is 30.1 Å². The summed E-state index contributed by atoms with van der Waals surface area (Å²) in [6.45, 7) is 6.50. The van der Waals surface area contributed by atoms with Gasteiger partial charge in [-0.05, 0) is 31.5 Å². The van der Waals surface area contributed by atoms with Crippen LogP contribution in [0, 0.1) is 0 Å². The molecule has 2 fully saturated rings. The van der Waals surface area contributed by atoms with E-state index in [9.17, 15) is 26.3 Å². The number of morpholine rings is 1. The van der Waals surface area contributed by atoms with Crippen molar-refractivity contribution in [2.75, 3.05) is 44.3 Å². The van der Waals surface area contributed by atoms with Crippen molar-refractivity contribution < 1.29 is 50.9 Å². The monoisotopic (exact) mass is 609 g/mol. The fraction of sp³-hybridized carbons (Fsp3) is 0.542. The van der Waals surface area contributed by atoms with Crippen LogP contribution < -0.4 is 4.90 Å². The second-order valence-corrected chi connectivity index (χ2v) is 9.46. The largest absolute Gasteiger partial charge is 0.490 e. The van der Waals surface area contributed by atoms with Gasteiger partial charge < -0.3 is 19.8 Å². The Bertz CT molecular complexity index is 1310. The highest BCUT2D eigenvalue weighted by Crippen LogP contribution is 2.27. The summed E-state index contributed by atoms with van der Waals surface area (Å²) in [7, 11) is 1.97. The molecule has 232 valence electrons. The molecule has 42 heavy (non-hydrogen) atoms. The van der Waals surface area contributed by atoms with Gasteiger partial charge in [0.15, 0.2) is 11.5 Å². The number of carboxylic acids is 2. The first-order chi connectivity index (χ1) is 19.6. The van der Waals surface area contributed by atoms with Crippen molar-refractivity contribution in [2.45, 2.75) is 37.7 Å².